The predicted molar refractivity (Wildman–Crippen MR) is 121 cm³/mol. The molecule has 1 aliphatic rings. The molecule has 2 aromatic rings. The smallest absolute Gasteiger partial charge is 0.180 e. The van der Waals surface area contributed by atoms with Crippen LogP contribution in [0.1, 0.15) is 56.7 Å². The summed E-state index contributed by atoms with van der Waals surface area (Å²) >= 11 is 0. The molecule has 0 aliphatic carbocycles. The van der Waals surface area contributed by atoms with Gasteiger partial charge in [0, 0.05) is 6.07 Å². The van der Waals surface area contributed by atoms with Gasteiger partial charge in [-0.05, 0) is 30.0 Å². The Labute approximate surface area is 186 Å². The van der Waals surface area contributed by atoms with Crippen LogP contribution in [-0.4, -0.2) is 46.1 Å². The van der Waals surface area contributed by atoms with Crippen molar-refractivity contribution in [2.24, 2.45) is 0 Å². The van der Waals surface area contributed by atoms with E-state index in [9.17, 15) is 8.42 Å². The highest BCUT2D eigenvalue weighted by atomic mass is 32.2. The van der Waals surface area contributed by atoms with Crippen molar-refractivity contribution in [2.45, 2.75) is 56.0 Å². The highest BCUT2D eigenvalue weighted by Crippen LogP contribution is 2.47. The van der Waals surface area contributed by atoms with Crippen molar-refractivity contribution >= 4 is 9.84 Å². The molecule has 6 nitrogen and oxygen atoms in total. The van der Waals surface area contributed by atoms with Crippen molar-refractivity contribution < 1.29 is 22.7 Å². The molecule has 0 aromatic heterocycles. The van der Waals surface area contributed by atoms with Gasteiger partial charge in [0.05, 0.1) is 43.6 Å². The summed E-state index contributed by atoms with van der Waals surface area (Å²) in [6, 6.07) is 12.9. The van der Waals surface area contributed by atoms with Crippen LogP contribution in [-0.2, 0) is 14.7 Å². The first-order valence-corrected chi connectivity index (χ1v) is 12.4. The lowest BCUT2D eigenvalue weighted by atomic mass is 9.87. The molecule has 0 saturated carbocycles. The molecule has 1 heterocycles. The van der Waals surface area contributed by atoms with Crippen LogP contribution < -0.4 is 9.47 Å². The van der Waals surface area contributed by atoms with Crippen LogP contribution in [0.25, 0.3) is 0 Å². The van der Waals surface area contributed by atoms with Gasteiger partial charge in [-0.3, -0.25) is 0 Å². The average Bonchev–Trinajstić information content (AvgIpc) is 2.87. The average molecular weight is 448 g/mol. The van der Waals surface area contributed by atoms with Gasteiger partial charge in [-0.1, -0.05) is 57.0 Å². The normalized spacial score (nSPS) is 23.1. The standard InChI is InChI=1S/C24H33NO5S/c1-6-8-14-24(7-2)17-31(26,27)22-16-21(29-4)20(28-3)15-19(22)23(25(24)30-5)18-12-10-9-11-13-18/h9-13,15-16,23H,6-8,14,17H2,1-5H3/t23-,24-/m1/s1. The quantitative estimate of drug-likeness (QED) is 0.580. The summed E-state index contributed by atoms with van der Waals surface area (Å²) in [5.74, 6) is 0.875. The fourth-order valence-electron chi connectivity index (χ4n) is 4.63. The minimum absolute atomic E-state index is 0.0177. The van der Waals surface area contributed by atoms with E-state index in [0.717, 1.165) is 24.8 Å². The third-order valence-electron chi connectivity index (χ3n) is 6.27. The van der Waals surface area contributed by atoms with Crippen LogP contribution in [0.15, 0.2) is 47.4 Å². The van der Waals surface area contributed by atoms with E-state index < -0.39 is 21.4 Å². The van der Waals surface area contributed by atoms with Gasteiger partial charge in [-0.2, -0.15) is 5.06 Å². The molecule has 0 saturated heterocycles. The highest BCUT2D eigenvalue weighted by molar-refractivity contribution is 7.91. The van der Waals surface area contributed by atoms with Crippen molar-refractivity contribution in [1.29, 1.82) is 0 Å². The number of benzene rings is 2. The molecule has 0 radical (unpaired) electrons. The number of unbranched alkanes of at least 4 members (excludes halogenated alkanes) is 1. The van der Waals surface area contributed by atoms with Gasteiger partial charge in [-0.25, -0.2) is 8.42 Å². The van der Waals surface area contributed by atoms with E-state index in [4.69, 9.17) is 14.3 Å². The summed E-state index contributed by atoms with van der Waals surface area (Å²) in [5, 5.41) is 1.91. The summed E-state index contributed by atoms with van der Waals surface area (Å²) in [4.78, 5) is 6.29. The number of sulfone groups is 1. The summed E-state index contributed by atoms with van der Waals surface area (Å²) in [7, 11) is 1.07. The fraction of sp³-hybridized carbons (Fsp3) is 0.500. The van der Waals surface area contributed by atoms with Crippen molar-refractivity contribution in [3.8, 4) is 11.5 Å². The Kier molecular flexibility index (Phi) is 7.29. The first-order valence-electron chi connectivity index (χ1n) is 10.7. The molecule has 7 heteroatoms. The Bertz CT molecular complexity index is 993. The molecule has 1 aliphatic heterocycles. The number of methoxy groups -OCH3 is 2. The zero-order chi connectivity index (χ0) is 22.6. The Morgan fingerprint density at radius 3 is 2.23 bits per heavy atom. The third kappa shape index (κ3) is 4.31. The van der Waals surface area contributed by atoms with E-state index in [1.165, 1.54) is 7.11 Å². The summed E-state index contributed by atoms with van der Waals surface area (Å²) in [6.45, 7) is 4.15. The molecule has 31 heavy (non-hydrogen) atoms. The van der Waals surface area contributed by atoms with Crippen molar-refractivity contribution in [2.75, 3.05) is 27.1 Å². The zero-order valence-corrected chi connectivity index (χ0v) is 19.9. The second-order valence-electron chi connectivity index (χ2n) is 8.01. The number of nitrogens with zero attached hydrogens (tertiary/aromatic N) is 1. The molecular formula is C24H33NO5S. The number of ether oxygens (including phenoxy) is 2. The van der Waals surface area contributed by atoms with E-state index in [2.05, 4.69) is 6.92 Å². The molecule has 0 spiro atoms. The van der Waals surface area contributed by atoms with E-state index in [0.29, 0.717) is 23.5 Å². The van der Waals surface area contributed by atoms with Crippen LogP contribution in [0.3, 0.4) is 0 Å². The lowest BCUT2D eigenvalue weighted by molar-refractivity contribution is -0.220. The number of fused-ring (bicyclic) bond motifs is 1. The topological polar surface area (TPSA) is 65.1 Å². The van der Waals surface area contributed by atoms with Crippen LogP contribution in [0.4, 0.5) is 0 Å². The lowest BCUT2D eigenvalue weighted by Crippen LogP contribution is -2.52. The Morgan fingerprint density at radius 2 is 1.68 bits per heavy atom. The maximum absolute atomic E-state index is 13.8. The molecule has 2 aromatic carbocycles. The SMILES string of the molecule is CCCC[C@]1(CC)CS(=O)(=O)c2cc(OC)c(OC)cc2[C@@H](c2ccccc2)N1OC. The van der Waals surface area contributed by atoms with Crippen molar-refractivity contribution in [3.05, 3.63) is 53.6 Å². The summed E-state index contributed by atoms with van der Waals surface area (Å²) < 4.78 is 38.5. The molecule has 170 valence electrons. The first-order chi connectivity index (χ1) is 14.9. The Morgan fingerprint density at radius 1 is 1.03 bits per heavy atom. The van der Waals surface area contributed by atoms with E-state index in [1.807, 2.05) is 42.3 Å². The first kappa shape index (κ1) is 23.6. The molecule has 0 amide bonds. The number of rotatable bonds is 8. The lowest BCUT2D eigenvalue weighted by Gasteiger charge is -2.44. The van der Waals surface area contributed by atoms with E-state index in [-0.39, 0.29) is 10.6 Å². The molecule has 0 N–H and O–H groups in total. The van der Waals surface area contributed by atoms with Gasteiger partial charge in [0.2, 0.25) is 0 Å². The van der Waals surface area contributed by atoms with E-state index in [1.54, 1.807) is 26.4 Å². The Balaban J connectivity index is 2.38. The van der Waals surface area contributed by atoms with Crippen molar-refractivity contribution in [3.63, 3.8) is 0 Å². The minimum atomic E-state index is -3.63. The van der Waals surface area contributed by atoms with Crippen molar-refractivity contribution in [1.82, 2.24) is 5.06 Å². The van der Waals surface area contributed by atoms with Gasteiger partial charge in [0.25, 0.3) is 0 Å². The molecular weight excluding hydrogens is 414 g/mol. The maximum Gasteiger partial charge on any atom is 0.180 e. The van der Waals surface area contributed by atoms with Gasteiger partial charge in [0.15, 0.2) is 21.3 Å². The fourth-order valence-corrected chi connectivity index (χ4v) is 6.78. The largest absolute Gasteiger partial charge is 0.493 e. The number of hydrogen-bond donors (Lipinski definition) is 0. The zero-order valence-electron chi connectivity index (χ0n) is 19.1. The monoisotopic (exact) mass is 447 g/mol. The second-order valence-corrected chi connectivity index (χ2v) is 9.97. The van der Waals surface area contributed by atoms with Gasteiger partial charge in [-0.15, -0.1) is 0 Å². The molecule has 2 atom stereocenters. The second kappa shape index (κ2) is 9.59. The van der Waals surface area contributed by atoms with Crippen LogP contribution >= 0.6 is 0 Å². The molecule has 0 unspecified atom stereocenters. The number of hydroxylamine groups is 2. The van der Waals surface area contributed by atoms with Gasteiger partial charge < -0.3 is 14.3 Å². The number of hydrogen-bond acceptors (Lipinski definition) is 6. The molecule has 3 rings (SSSR count). The van der Waals surface area contributed by atoms with Crippen LogP contribution in [0, 0.1) is 0 Å². The van der Waals surface area contributed by atoms with Gasteiger partial charge in [0.1, 0.15) is 0 Å². The highest BCUT2D eigenvalue weighted by Gasteiger charge is 2.49. The van der Waals surface area contributed by atoms with Crippen LogP contribution in [0.2, 0.25) is 0 Å². The summed E-state index contributed by atoms with van der Waals surface area (Å²) in [6.07, 6.45) is 3.25. The summed E-state index contributed by atoms with van der Waals surface area (Å²) in [5.41, 5.74) is 0.936. The predicted octanol–water partition coefficient (Wildman–Crippen LogP) is 4.78. The van der Waals surface area contributed by atoms with Crippen LogP contribution in [0.5, 0.6) is 11.5 Å². The minimum Gasteiger partial charge on any atom is -0.493 e. The van der Waals surface area contributed by atoms with E-state index >= 15 is 0 Å². The Hall–Kier alpha value is -2.09. The van der Waals surface area contributed by atoms with Gasteiger partial charge >= 0.3 is 0 Å². The molecule has 0 fully saturated rings. The third-order valence-corrected chi connectivity index (χ3v) is 8.21. The molecule has 0 bridgehead atoms. The maximum atomic E-state index is 13.8.